The molecule has 0 aliphatic heterocycles. The van der Waals surface area contributed by atoms with Crippen molar-refractivity contribution < 1.29 is 4.79 Å². The molecule has 1 aromatic heterocycles. The van der Waals surface area contributed by atoms with Gasteiger partial charge in [0.05, 0.1) is 6.42 Å². The van der Waals surface area contributed by atoms with Gasteiger partial charge >= 0.3 is 0 Å². The number of hydrogen-bond donors (Lipinski definition) is 2. The number of carbonyl (C=O) groups is 1. The zero-order chi connectivity index (χ0) is 11.8. The summed E-state index contributed by atoms with van der Waals surface area (Å²) in [6.07, 6.45) is 3.82. The number of amides is 1. The first-order valence-corrected chi connectivity index (χ1v) is 5.57. The first kappa shape index (κ1) is 12.6. The average molecular weight is 221 g/mol. The smallest absolute Gasteiger partial charge is 0.224 e. The molecular formula is C12H19N3O. The third-order valence-electron chi connectivity index (χ3n) is 2.11. The van der Waals surface area contributed by atoms with Crippen LogP contribution < -0.4 is 10.6 Å². The summed E-state index contributed by atoms with van der Waals surface area (Å²) in [7, 11) is 0. The van der Waals surface area contributed by atoms with Crippen molar-refractivity contribution in [2.45, 2.75) is 26.3 Å². The maximum atomic E-state index is 11.5. The Hall–Kier alpha value is -1.42. The number of pyridine rings is 1. The quantitative estimate of drug-likeness (QED) is 0.697. The Morgan fingerprint density at radius 3 is 2.62 bits per heavy atom. The molecule has 1 amide bonds. The maximum Gasteiger partial charge on any atom is 0.224 e. The van der Waals surface area contributed by atoms with Crippen LogP contribution in [0.15, 0.2) is 24.5 Å². The standard InChI is InChI=1S/C12H19N3O/c1-10(2)14-7-8-15-12(16)9-11-3-5-13-6-4-11/h3-6,10,14H,7-9H2,1-2H3,(H,15,16). The second-order valence-electron chi connectivity index (χ2n) is 3.99. The monoisotopic (exact) mass is 221 g/mol. The highest BCUT2D eigenvalue weighted by Gasteiger charge is 2.01. The normalized spacial score (nSPS) is 10.4. The van der Waals surface area contributed by atoms with Crippen molar-refractivity contribution in [2.24, 2.45) is 0 Å². The number of carbonyl (C=O) groups excluding carboxylic acids is 1. The van der Waals surface area contributed by atoms with E-state index in [1.54, 1.807) is 12.4 Å². The van der Waals surface area contributed by atoms with Gasteiger partial charge in [-0.3, -0.25) is 9.78 Å². The molecule has 0 saturated heterocycles. The minimum atomic E-state index is 0.0526. The van der Waals surface area contributed by atoms with E-state index in [2.05, 4.69) is 29.5 Å². The third kappa shape index (κ3) is 5.46. The van der Waals surface area contributed by atoms with Gasteiger partial charge in [-0.25, -0.2) is 0 Å². The van der Waals surface area contributed by atoms with Gasteiger partial charge in [0.25, 0.3) is 0 Å². The van der Waals surface area contributed by atoms with E-state index in [-0.39, 0.29) is 5.91 Å². The first-order chi connectivity index (χ1) is 7.68. The molecule has 0 fully saturated rings. The van der Waals surface area contributed by atoms with Crippen molar-refractivity contribution >= 4 is 5.91 Å². The molecule has 0 aromatic carbocycles. The molecule has 0 radical (unpaired) electrons. The third-order valence-corrected chi connectivity index (χ3v) is 2.11. The van der Waals surface area contributed by atoms with E-state index in [0.717, 1.165) is 12.1 Å². The molecule has 1 rings (SSSR count). The van der Waals surface area contributed by atoms with Gasteiger partial charge in [0, 0.05) is 31.5 Å². The zero-order valence-corrected chi connectivity index (χ0v) is 9.86. The fourth-order valence-corrected chi connectivity index (χ4v) is 1.31. The Kier molecular flexibility index (Phi) is 5.50. The highest BCUT2D eigenvalue weighted by Crippen LogP contribution is 1.96. The van der Waals surface area contributed by atoms with E-state index in [1.165, 1.54) is 0 Å². The van der Waals surface area contributed by atoms with Gasteiger partial charge < -0.3 is 10.6 Å². The van der Waals surface area contributed by atoms with Crippen LogP contribution in [-0.4, -0.2) is 30.0 Å². The molecule has 0 spiro atoms. The van der Waals surface area contributed by atoms with Crippen LogP contribution in [0.25, 0.3) is 0 Å². The zero-order valence-electron chi connectivity index (χ0n) is 9.86. The topological polar surface area (TPSA) is 54.0 Å². The maximum absolute atomic E-state index is 11.5. The minimum absolute atomic E-state index is 0.0526. The molecule has 4 nitrogen and oxygen atoms in total. The fraction of sp³-hybridized carbons (Fsp3) is 0.500. The lowest BCUT2D eigenvalue weighted by Gasteiger charge is -2.09. The fourth-order valence-electron chi connectivity index (χ4n) is 1.31. The summed E-state index contributed by atoms with van der Waals surface area (Å²) in [5.41, 5.74) is 0.990. The summed E-state index contributed by atoms with van der Waals surface area (Å²) in [5.74, 6) is 0.0526. The van der Waals surface area contributed by atoms with Gasteiger partial charge in [-0.15, -0.1) is 0 Å². The van der Waals surface area contributed by atoms with Crippen molar-refractivity contribution in [2.75, 3.05) is 13.1 Å². The van der Waals surface area contributed by atoms with Gasteiger partial charge in [0.1, 0.15) is 0 Å². The summed E-state index contributed by atoms with van der Waals surface area (Å²) in [4.78, 5) is 15.4. The van der Waals surface area contributed by atoms with E-state index in [9.17, 15) is 4.79 Å². The van der Waals surface area contributed by atoms with Gasteiger partial charge in [0.15, 0.2) is 0 Å². The number of hydrogen-bond acceptors (Lipinski definition) is 3. The number of nitrogens with one attached hydrogen (secondary N) is 2. The Morgan fingerprint density at radius 1 is 1.31 bits per heavy atom. The van der Waals surface area contributed by atoms with Crippen LogP contribution in [0, 0.1) is 0 Å². The van der Waals surface area contributed by atoms with Crippen LogP contribution in [0.1, 0.15) is 19.4 Å². The number of aromatic nitrogens is 1. The van der Waals surface area contributed by atoms with E-state index in [4.69, 9.17) is 0 Å². The van der Waals surface area contributed by atoms with Gasteiger partial charge in [-0.2, -0.15) is 0 Å². The Labute approximate surface area is 96.5 Å². The van der Waals surface area contributed by atoms with Crippen LogP contribution >= 0.6 is 0 Å². The van der Waals surface area contributed by atoms with E-state index in [0.29, 0.717) is 19.0 Å². The van der Waals surface area contributed by atoms with Gasteiger partial charge in [-0.05, 0) is 17.7 Å². The molecule has 4 heteroatoms. The molecule has 16 heavy (non-hydrogen) atoms. The van der Waals surface area contributed by atoms with Crippen LogP contribution in [-0.2, 0) is 11.2 Å². The Bertz CT molecular complexity index is 311. The summed E-state index contributed by atoms with van der Waals surface area (Å²) in [6.45, 7) is 5.64. The lowest BCUT2D eigenvalue weighted by atomic mass is 10.2. The largest absolute Gasteiger partial charge is 0.355 e. The molecule has 88 valence electrons. The molecule has 1 aromatic rings. The summed E-state index contributed by atoms with van der Waals surface area (Å²) in [5, 5.41) is 6.10. The predicted molar refractivity (Wildman–Crippen MR) is 64.1 cm³/mol. The van der Waals surface area contributed by atoms with Crippen molar-refractivity contribution in [3.05, 3.63) is 30.1 Å². The lowest BCUT2D eigenvalue weighted by Crippen LogP contribution is -2.35. The lowest BCUT2D eigenvalue weighted by molar-refractivity contribution is -0.120. The predicted octanol–water partition coefficient (Wildman–Crippen LogP) is 0.738. The molecule has 1 heterocycles. The second-order valence-corrected chi connectivity index (χ2v) is 3.99. The van der Waals surface area contributed by atoms with E-state index >= 15 is 0 Å². The molecule has 0 aliphatic rings. The van der Waals surface area contributed by atoms with Crippen LogP contribution in [0.4, 0.5) is 0 Å². The highest BCUT2D eigenvalue weighted by molar-refractivity contribution is 5.78. The Balaban J connectivity index is 2.17. The van der Waals surface area contributed by atoms with Crippen molar-refractivity contribution in [1.29, 1.82) is 0 Å². The second kappa shape index (κ2) is 6.95. The van der Waals surface area contributed by atoms with E-state index in [1.807, 2.05) is 12.1 Å². The minimum Gasteiger partial charge on any atom is -0.355 e. The number of nitrogens with zero attached hydrogens (tertiary/aromatic N) is 1. The molecule has 0 aliphatic carbocycles. The summed E-state index contributed by atoms with van der Waals surface area (Å²) >= 11 is 0. The first-order valence-electron chi connectivity index (χ1n) is 5.57. The van der Waals surface area contributed by atoms with Crippen molar-refractivity contribution in [3.8, 4) is 0 Å². The van der Waals surface area contributed by atoms with Crippen molar-refractivity contribution in [1.82, 2.24) is 15.6 Å². The average Bonchev–Trinajstić information content (AvgIpc) is 2.25. The molecule has 2 N–H and O–H groups in total. The molecule has 0 unspecified atom stereocenters. The molecule has 0 atom stereocenters. The van der Waals surface area contributed by atoms with Crippen molar-refractivity contribution in [3.63, 3.8) is 0 Å². The highest BCUT2D eigenvalue weighted by atomic mass is 16.1. The Morgan fingerprint density at radius 2 is 2.00 bits per heavy atom. The van der Waals surface area contributed by atoms with E-state index < -0.39 is 0 Å². The SMILES string of the molecule is CC(C)NCCNC(=O)Cc1ccncc1. The summed E-state index contributed by atoms with van der Waals surface area (Å²) < 4.78 is 0. The molecule has 0 bridgehead atoms. The molecular weight excluding hydrogens is 202 g/mol. The van der Waals surface area contributed by atoms with Crippen LogP contribution in [0.2, 0.25) is 0 Å². The van der Waals surface area contributed by atoms with Gasteiger partial charge in [0.2, 0.25) is 5.91 Å². The van der Waals surface area contributed by atoms with Crippen LogP contribution in [0.5, 0.6) is 0 Å². The van der Waals surface area contributed by atoms with Crippen LogP contribution in [0.3, 0.4) is 0 Å². The summed E-state index contributed by atoms with van der Waals surface area (Å²) in [6, 6.07) is 4.16. The van der Waals surface area contributed by atoms with Gasteiger partial charge in [-0.1, -0.05) is 13.8 Å². The molecule has 0 saturated carbocycles. The number of rotatable bonds is 6.